The molecule has 0 saturated carbocycles. The van der Waals surface area contributed by atoms with Gasteiger partial charge in [-0.2, -0.15) is 18.3 Å². The minimum absolute atomic E-state index is 0.196. The van der Waals surface area contributed by atoms with Gasteiger partial charge < -0.3 is 9.88 Å². The molecule has 136 valence electrons. The van der Waals surface area contributed by atoms with Crippen LogP contribution >= 0.6 is 0 Å². The molecular weight excluding hydrogens is 341 g/mol. The van der Waals surface area contributed by atoms with Gasteiger partial charge in [0, 0.05) is 26.1 Å². The molecular formula is C14H17F3N6O2. The molecule has 1 fully saturated rings. The fourth-order valence-electron chi connectivity index (χ4n) is 2.87. The fourth-order valence-corrected chi connectivity index (χ4v) is 2.87. The standard InChI is InChI=1S/C14H17F3N6O2/c1-21-8-19-23(13(21)25)7-11(24)22-4-2-3-9(6-22)12-18-5-10(20-12)14(15,16)17/h5,8-9H,2-4,6-7H2,1H3,(H,18,20)/t9-/m1/s1. The van der Waals surface area contributed by atoms with Gasteiger partial charge in [-0.1, -0.05) is 0 Å². The molecule has 0 bridgehead atoms. The Morgan fingerprint density at radius 2 is 2.20 bits per heavy atom. The molecule has 0 spiro atoms. The van der Waals surface area contributed by atoms with Gasteiger partial charge in [0.25, 0.3) is 0 Å². The second kappa shape index (κ2) is 6.37. The zero-order valence-corrected chi connectivity index (χ0v) is 13.5. The van der Waals surface area contributed by atoms with E-state index in [1.165, 1.54) is 22.8 Å². The van der Waals surface area contributed by atoms with E-state index in [-0.39, 0.29) is 30.7 Å². The maximum absolute atomic E-state index is 12.7. The van der Waals surface area contributed by atoms with E-state index < -0.39 is 17.6 Å². The van der Waals surface area contributed by atoms with Gasteiger partial charge in [0.1, 0.15) is 24.4 Å². The number of hydrogen-bond donors (Lipinski definition) is 1. The third-order valence-corrected chi connectivity index (χ3v) is 4.23. The van der Waals surface area contributed by atoms with E-state index in [1.807, 2.05) is 0 Å². The quantitative estimate of drug-likeness (QED) is 0.876. The number of rotatable bonds is 3. The number of aromatic amines is 1. The zero-order chi connectivity index (χ0) is 18.2. The molecule has 3 heterocycles. The highest BCUT2D eigenvalue weighted by Crippen LogP contribution is 2.31. The van der Waals surface area contributed by atoms with Crippen LogP contribution in [0, 0.1) is 0 Å². The first-order chi connectivity index (χ1) is 11.8. The summed E-state index contributed by atoms with van der Waals surface area (Å²) in [5.41, 5.74) is -1.30. The van der Waals surface area contributed by atoms with Gasteiger partial charge >= 0.3 is 11.9 Å². The van der Waals surface area contributed by atoms with Crippen molar-refractivity contribution in [2.24, 2.45) is 7.05 Å². The first kappa shape index (κ1) is 17.2. The highest BCUT2D eigenvalue weighted by molar-refractivity contribution is 5.76. The van der Waals surface area contributed by atoms with E-state index >= 15 is 0 Å². The normalized spacial score (nSPS) is 18.6. The topological polar surface area (TPSA) is 88.8 Å². The molecule has 8 nitrogen and oxygen atoms in total. The van der Waals surface area contributed by atoms with Crippen LogP contribution in [0.4, 0.5) is 13.2 Å². The van der Waals surface area contributed by atoms with Crippen LogP contribution in [-0.4, -0.2) is 48.2 Å². The number of amides is 1. The number of alkyl halides is 3. The minimum Gasteiger partial charge on any atom is -0.340 e. The van der Waals surface area contributed by atoms with E-state index in [2.05, 4.69) is 15.1 Å². The third-order valence-electron chi connectivity index (χ3n) is 4.23. The first-order valence-corrected chi connectivity index (χ1v) is 7.74. The summed E-state index contributed by atoms with van der Waals surface area (Å²) in [6.07, 6.45) is -1.11. The number of halogens is 3. The average molecular weight is 358 g/mol. The maximum atomic E-state index is 12.7. The molecule has 1 aliphatic rings. The summed E-state index contributed by atoms with van der Waals surface area (Å²) in [4.78, 5) is 31.8. The van der Waals surface area contributed by atoms with Gasteiger partial charge in [0.15, 0.2) is 0 Å². The van der Waals surface area contributed by atoms with Crippen LogP contribution < -0.4 is 5.69 Å². The van der Waals surface area contributed by atoms with E-state index in [1.54, 1.807) is 0 Å². The molecule has 3 rings (SSSR count). The number of carbonyl (C=O) groups is 1. The van der Waals surface area contributed by atoms with Gasteiger partial charge in [0.05, 0.1) is 6.20 Å². The van der Waals surface area contributed by atoms with Gasteiger partial charge in [-0.3, -0.25) is 9.36 Å². The maximum Gasteiger partial charge on any atom is 0.432 e. The molecule has 2 aromatic rings. The van der Waals surface area contributed by atoms with Gasteiger partial charge in [-0.05, 0) is 12.8 Å². The number of nitrogens with one attached hydrogen (secondary N) is 1. The molecule has 0 unspecified atom stereocenters. The smallest absolute Gasteiger partial charge is 0.340 e. The number of H-pyrrole nitrogens is 1. The summed E-state index contributed by atoms with van der Waals surface area (Å²) < 4.78 is 40.3. The molecule has 25 heavy (non-hydrogen) atoms. The Kier molecular flexibility index (Phi) is 4.39. The summed E-state index contributed by atoms with van der Waals surface area (Å²) in [7, 11) is 1.53. The highest BCUT2D eigenvalue weighted by atomic mass is 19.4. The predicted molar refractivity (Wildman–Crippen MR) is 79.6 cm³/mol. The highest BCUT2D eigenvalue weighted by Gasteiger charge is 2.34. The molecule has 2 aromatic heterocycles. The number of imidazole rings is 1. The number of carbonyl (C=O) groups excluding carboxylic acids is 1. The lowest BCUT2D eigenvalue weighted by atomic mass is 9.97. The van der Waals surface area contributed by atoms with Crippen LogP contribution in [0.1, 0.15) is 30.3 Å². The molecule has 1 aliphatic heterocycles. The third kappa shape index (κ3) is 3.59. The van der Waals surface area contributed by atoms with Crippen LogP contribution in [0.2, 0.25) is 0 Å². The molecule has 1 saturated heterocycles. The van der Waals surface area contributed by atoms with Crippen molar-refractivity contribution in [2.45, 2.75) is 31.5 Å². The van der Waals surface area contributed by atoms with Gasteiger partial charge in [-0.25, -0.2) is 14.5 Å². The number of aryl methyl sites for hydroxylation is 1. The van der Waals surface area contributed by atoms with Crippen molar-refractivity contribution in [3.63, 3.8) is 0 Å². The van der Waals surface area contributed by atoms with Crippen molar-refractivity contribution in [1.29, 1.82) is 0 Å². The van der Waals surface area contributed by atoms with E-state index in [4.69, 9.17) is 0 Å². The molecule has 1 N–H and O–H groups in total. The van der Waals surface area contributed by atoms with Crippen LogP contribution in [0.25, 0.3) is 0 Å². The van der Waals surface area contributed by atoms with Crippen molar-refractivity contribution in [2.75, 3.05) is 13.1 Å². The Labute approximate surface area is 140 Å². The van der Waals surface area contributed by atoms with Gasteiger partial charge in [-0.15, -0.1) is 0 Å². The van der Waals surface area contributed by atoms with E-state index in [0.717, 1.165) is 10.9 Å². The van der Waals surface area contributed by atoms with Crippen molar-refractivity contribution in [3.8, 4) is 0 Å². The summed E-state index contributed by atoms with van der Waals surface area (Å²) in [5, 5.41) is 3.83. The lowest BCUT2D eigenvalue weighted by molar-refractivity contribution is -0.141. The Bertz CT molecular complexity index is 821. The zero-order valence-electron chi connectivity index (χ0n) is 13.5. The van der Waals surface area contributed by atoms with Crippen LogP contribution in [0.3, 0.4) is 0 Å². The van der Waals surface area contributed by atoms with Crippen LogP contribution in [0.5, 0.6) is 0 Å². The molecule has 1 atom stereocenters. The summed E-state index contributed by atoms with van der Waals surface area (Å²) in [5.74, 6) is -0.373. The summed E-state index contributed by atoms with van der Waals surface area (Å²) in [6.45, 7) is 0.549. The first-order valence-electron chi connectivity index (χ1n) is 7.74. The molecule has 1 amide bonds. The molecule has 0 radical (unpaired) electrons. The molecule has 11 heteroatoms. The number of aromatic nitrogens is 5. The average Bonchev–Trinajstić information content (AvgIpc) is 3.18. The second-order valence-electron chi connectivity index (χ2n) is 6.04. The Morgan fingerprint density at radius 3 is 2.80 bits per heavy atom. The van der Waals surface area contributed by atoms with Crippen molar-refractivity contribution in [1.82, 2.24) is 29.2 Å². The summed E-state index contributed by atoms with van der Waals surface area (Å²) in [6, 6.07) is 0. The lowest BCUT2D eigenvalue weighted by Gasteiger charge is -2.31. The number of piperidine rings is 1. The van der Waals surface area contributed by atoms with Crippen LogP contribution in [-0.2, 0) is 24.6 Å². The minimum atomic E-state index is -4.48. The molecule has 0 aliphatic carbocycles. The van der Waals surface area contributed by atoms with Crippen molar-refractivity contribution < 1.29 is 18.0 Å². The number of hydrogen-bond acceptors (Lipinski definition) is 4. The summed E-state index contributed by atoms with van der Waals surface area (Å²) >= 11 is 0. The Hall–Kier alpha value is -2.59. The fraction of sp³-hybridized carbons (Fsp3) is 0.571. The molecule has 0 aromatic carbocycles. The van der Waals surface area contributed by atoms with Crippen molar-refractivity contribution in [3.05, 3.63) is 34.5 Å². The predicted octanol–water partition coefficient (Wildman–Crippen LogP) is 0.730. The Morgan fingerprint density at radius 1 is 1.44 bits per heavy atom. The van der Waals surface area contributed by atoms with E-state index in [9.17, 15) is 22.8 Å². The number of nitrogens with zero attached hydrogens (tertiary/aromatic N) is 5. The Balaban J connectivity index is 1.68. The monoisotopic (exact) mass is 358 g/mol. The number of likely N-dealkylation sites (tertiary alicyclic amines) is 1. The lowest BCUT2D eigenvalue weighted by Crippen LogP contribution is -2.42. The van der Waals surface area contributed by atoms with Crippen molar-refractivity contribution >= 4 is 5.91 Å². The van der Waals surface area contributed by atoms with E-state index in [0.29, 0.717) is 19.4 Å². The SMILES string of the molecule is Cn1cnn(CC(=O)N2CCC[C@@H](c3ncc(C(F)(F)F)[nH]3)C2)c1=O. The van der Waals surface area contributed by atoms with Gasteiger partial charge in [0.2, 0.25) is 5.91 Å². The van der Waals surface area contributed by atoms with Crippen LogP contribution in [0.15, 0.2) is 17.3 Å². The largest absolute Gasteiger partial charge is 0.432 e. The second-order valence-corrected chi connectivity index (χ2v) is 6.04.